The second kappa shape index (κ2) is 12.9. The van der Waals surface area contributed by atoms with Gasteiger partial charge in [0.25, 0.3) is 0 Å². The van der Waals surface area contributed by atoms with Gasteiger partial charge >= 0.3 is 11.9 Å². The molecule has 4 heteroatoms. The van der Waals surface area contributed by atoms with Crippen LogP contribution >= 0.6 is 0 Å². The predicted octanol–water partition coefficient (Wildman–Crippen LogP) is 3.58. The summed E-state index contributed by atoms with van der Waals surface area (Å²) in [5.41, 5.74) is 1.30. The molecule has 0 aliphatic carbocycles. The van der Waals surface area contributed by atoms with Crippen molar-refractivity contribution in [2.45, 2.75) is 47.0 Å². The van der Waals surface area contributed by atoms with Crippen molar-refractivity contribution in [3.05, 3.63) is 23.8 Å². The van der Waals surface area contributed by atoms with Crippen molar-refractivity contribution in [2.75, 3.05) is 7.11 Å². The Morgan fingerprint density at radius 3 is 2.21 bits per heavy atom. The topological polar surface area (TPSA) is 63.6 Å². The highest BCUT2D eigenvalue weighted by molar-refractivity contribution is 5.81. The third kappa shape index (κ3) is 19.0. The number of hydrogen-bond acceptors (Lipinski definition) is 3. The molecule has 1 N–H and O–H groups in total. The van der Waals surface area contributed by atoms with Crippen LogP contribution in [-0.4, -0.2) is 24.2 Å². The lowest BCUT2D eigenvalue weighted by molar-refractivity contribution is -0.138. The van der Waals surface area contributed by atoms with Crippen molar-refractivity contribution < 1.29 is 19.4 Å². The Morgan fingerprint density at radius 2 is 1.89 bits per heavy atom. The SMILES string of the molecule is C/C=C/C(=O)OC.CC(C)=CCCC(C)CC(=O)O. The van der Waals surface area contributed by atoms with E-state index in [2.05, 4.69) is 24.7 Å². The minimum atomic E-state index is -0.695. The Hall–Kier alpha value is -1.58. The van der Waals surface area contributed by atoms with Crippen LogP contribution in [0.4, 0.5) is 0 Å². The summed E-state index contributed by atoms with van der Waals surface area (Å²) in [6, 6.07) is 0. The molecule has 0 rings (SSSR count). The fourth-order valence-corrected chi connectivity index (χ4v) is 1.26. The number of rotatable bonds is 6. The van der Waals surface area contributed by atoms with E-state index < -0.39 is 5.97 Å². The van der Waals surface area contributed by atoms with E-state index in [0.29, 0.717) is 0 Å². The number of ether oxygens (including phenoxy) is 1. The van der Waals surface area contributed by atoms with Crippen LogP contribution in [-0.2, 0) is 14.3 Å². The quantitative estimate of drug-likeness (QED) is 0.455. The van der Waals surface area contributed by atoms with E-state index >= 15 is 0 Å². The molecule has 110 valence electrons. The molecule has 19 heavy (non-hydrogen) atoms. The van der Waals surface area contributed by atoms with E-state index in [9.17, 15) is 9.59 Å². The third-order valence-corrected chi connectivity index (χ3v) is 2.24. The number of methoxy groups -OCH3 is 1. The number of carboxylic acid groups (broad SMARTS) is 1. The number of carbonyl (C=O) groups is 2. The fraction of sp³-hybridized carbons (Fsp3) is 0.600. The molecule has 0 aliphatic heterocycles. The molecule has 0 saturated heterocycles. The molecular weight excluding hydrogens is 244 g/mol. The van der Waals surface area contributed by atoms with Gasteiger partial charge in [0.2, 0.25) is 0 Å². The molecule has 0 spiro atoms. The molecule has 0 bridgehead atoms. The summed E-state index contributed by atoms with van der Waals surface area (Å²) in [5.74, 6) is -0.708. The molecule has 0 radical (unpaired) electrons. The smallest absolute Gasteiger partial charge is 0.330 e. The van der Waals surface area contributed by atoms with Crippen molar-refractivity contribution in [3.63, 3.8) is 0 Å². The zero-order valence-corrected chi connectivity index (χ0v) is 12.6. The lowest BCUT2D eigenvalue weighted by Gasteiger charge is -2.05. The van der Waals surface area contributed by atoms with Crippen LogP contribution < -0.4 is 0 Å². The van der Waals surface area contributed by atoms with Gasteiger partial charge in [-0.15, -0.1) is 0 Å². The van der Waals surface area contributed by atoms with Crippen LogP contribution in [0.5, 0.6) is 0 Å². The van der Waals surface area contributed by atoms with E-state index in [0.717, 1.165) is 12.8 Å². The molecule has 0 heterocycles. The minimum Gasteiger partial charge on any atom is -0.481 e. The third-order valence-electron chi connectivity index (χ3n) is 2.24. The lowest BCUT2D eigenvalue weighted by Crippen LogP contribution is -2.03. The van der Waals surface area contributed by atoms with Gasteiger partial charge in [-0.1, -0.05) is 24.6 Å². The fourth-order valence-electron chi connectivity index (χ4n) is 1.26. The van der Waals surface area contributed by atoms with Crippen molar-refractivity contribution in [2.24, 2.45) is 5.92 Å². The van der Waals surface area contributed by atoms with Crippen molar-refractivity contribution in [1.29, 1.82) is 0 Å². The first-order valence-corrected chi connectivity index (χ1v) is 6.39. The van der Waals surface area contributed by atoms with Gasteiger partial charge in [0.1, 0.15) is 0 Å². The van der Waals surface area contributed by atoms with Gasteiger partial charge in [-0.2, -0.15) is 0 Å². The van der Waals surface area contributed by atoms with Crippen LogP contribution in [0, 0.1) is 5.92 Å². The highest BCUT2D eigenvalue weighted by Crippen LogP contribution is 2.11. The second-order valence-electron chi connectivity index (χ2n) is 4.59. The van der Waals surface area contributed by atoms with Crippen LogP contribution in [0.1, 0.15) is 47.0 Å². The van der Waals surface area contributed by atoms with Crippen LogP contribution in [0.15, 0.2) is 23.8 Å². The molecule has 0 aromatic rings. The van der Waals surface area contributed by atoms with E-state index in [4.69, 9.17) is 5.11 Å². The van der Waals surface area contributed by atoms with Crippen molar-refractivity contribution >= 4 is 11.9 Å². The first kappa shape index (κ1) is 19.8. The van der Waals surface area contributed by atoms with E-state index in [1.807, 2.05) is 6.92 Å². The van der Waals surface area contributed by atoms with Gasteiger partial charge in [-0.3, -0.25) is 4.79 Å². The largest absolute Gasteiger partial charge is 0.481 e. The summed E-state index contributed by atoms with van der Waals surface area (Å²) in [4.78, 5) is 20.4. The normalized spacial score (nSPS) is 11.2. The number of allylic oxidation sites excluding steroid dienone is 3. The van der Waals surface area contributed by atoms with Crippen LogP contribution in [0.25, 0.3) is 0 Å². The zero-order chi connectivity index (χ0) is 15.3. The van der Waals surface area contributed by atoms with Crippen molar-refractivity contribution in [3.8, 4) is 0 Å². The molecule has 0 saturated carbocycles. The summed E-state index contributed by atoms with van der Waals surface area (Å²) < 4.78 is 4.26. The highest BCUT2D eigenvalue weighted by Gasteiger charge is 2.05. The zero-order valence-electron chi connectivity index (χ0n) is 12.6. The van der Waals surface area contributed by atoms with Gasteiger partial charge in [-0.25, -0.2) is 4.79 Å². The highest BCUT2D eigenvalue weighted by atomic mass is 16.5. The molecule has 0 fully saturated rings. The first-order valence-electron chi connectivity index (χ1n) is 6.39. The summed E-state index contributed by atoms with van der Waals surface area (Å²) in [6.07, 6.45) is 7.40. The maximum absolute atomic E-state index is 10.3. The summed E-state index contributed by atoms with van der Waals surface area (Å²) in [6.45, 7) is 7.85. The molecule has 0 amide bonds. The second-order valence-corrected chi connectivity index (χ2v) is 4.59. The Bertz CT molecular complexity index is 312. The number of hydrogen-bond donors (Lipinski definition) is 1. The average molecular weight is 270 g/mol. The van der Waals surface area contributed by atoms with Crippen LogP contribution in [0.2, 0.25) is 0 Å². The number of carbonyl (C=O) groups excluding carboxylic acids is 1. The molecular formula is C15H26O4. The van der Waals surface area contributed by atoms with E-state index in [-0.39, 0.29) is 18.3 Å². The molecule has 4 nitrogen and oxygen atoms in total. The minimum absolute atomic E-state index is 0.288. The van der Waals surface area contributed by atoms with E-state index in [1.165, 1.54) is 18.8 Å². The van der Waals surface area contributed by atoms with Gasteiger partial charge in [0.05, 0.1) is 7.11 Å². The maximum Gasteiger partial charge on any atom is 0.330 e. The molecule has 1 unspecified atom stereocenters. The standard InChI is InChI=1S/C10H18O2.C5H8O2/c1-8(2)5-4-6-9(3)7-10(11)12;1-3-4-5(6)7-2/h5,9H,4,6-7H2,1-3H3,(H,11,12);3-4H,1-2H3/b;4-3+. The number of aliphatic carboxylic acids is 1. The van der Waals surface area contributed by atoms with Gasteiger partial charge in [-0.05, 0) is 39.5 Å². The molecule has 0 aliphatic rings. The van der Waals surface area contributed by atoms with E-state index in [1.54, 1.807) is 13.0 Å². The van der Waals surface area contributed by atoms with Gasteiger partial charge < -0.3 is 9.84 Å². The molecule has 0 aromatic heterocycles. The average Bonchev–Trinajstić information content (AvgIpc) is 2.28. The van der Waals surface area contributed by atoms with Gasteiger partial charge in [0, 0.05) is 12.5 Å². The molecule has 0 aromatic carbocycles. The Labute approximate surface area is 116 Å². The van der Waals surface area contributed by atoms with Crippen molar-refractivity contribution in [1.82, 2.24) is 0 Å². The lowest BCUT2D eigenvalue weighted by atomic mass is 10.0. The predicted molar refractivity (Wildman–Crippen MR) is 76.9 cm³/mol. The number of carboxylic acids is 1. The number of esters is 1. The summed E-state index contributed by atoms with van der Waals surface area (Å²) in [5, 5.41) is 8.48. The molecule has 1 atom stereocenters. The summed E-state index contributed by atoms with van der Waals surface area (Å²) in [7, 11) is 1.35. The maximum atomic E-state index is 10.3. The summed E-state index contributed by atoms with van der Waals surface area (Å²) >= 11 is 0. The monoisotopic (exact) mass is 270 g/mol. The Kier molecular flexibility index (Phi) is 13.4. The van der Waals surface area contributed by atoms with Gasteiger partial charge in [0.15, 0.2) is 0 Å². The Morgan fingerprint density at radius 1 is 1.32 bits per heavy atom. The Balaban J connectivity index is 0. The van der Waals surface area contributed by atoms with Crippen LogP contribution in [0.3, 0.4) is 0 Å². The first-order chi connectivity index (χ1) is 8.83.